The molecule has 0 saturated carbocycles. The first kappa shape index (κ1) is 14.2. The van der Waals surface area contributed by atoms with Crippen LogP contribution < -0.4 is 4.90 Å². The third-order valence-corrected chi connectivity index (χ3v) is 4.69. The number of fused-ring (bicyclic) bond motifs is 1. The summed E-state index contributed by atoms with van der Waals surface area (Å²) in [5.41, 5.74) is 3.01. The average Bonchev–Trinajstić information content (AvgIpc) is 3.06. The Bertz CT molecular complexity index is 788. The fourth-order valence-corrected chi connectivity index (χ4v) is 3.24. The van der Waals surface area contributed by atoms with E-state index in [1.807, 2.05) is 24.4 Å². The summed E-state index contributed by atoms with van der Waals surface area (Å²) in [7, 11) is 0. The summed E-state index contributed by atoms with van der Waals surface area (Å²) in [5, 5.41) is 17.8. The number of para-hydroxylation sites is 1. The molecule has 23 heavy (non-hydrogen) atoms. The maximum atomic E-state index is 9.23. The van der Waals surface area contributed by atoms with E-state index in [-0.39, 0.29) is 0 Å². The van der Waals surface area contributed by atoms with Gasteiger partial charge >= 0.3 is 0 Å². The number of aromatic nitrogens is 3. The van der Waals surface area contributed by atoms with Crippen molar-refractivity contribution in [3.8, 4) is 11.3 Å². The normalized spacial score (nSPS) is 16.1. The molecule has 0 amide bonds. The molecule has 1 aliphatic rings. The van der Waals surface area contributed by atoms with E-state index >= 15 is 0 Å². The molecule has 1 aromatic carbocycles. The zero-order valence-electron chi connectivity index (χ0n) is 12.9. The highest BCUT2D eigenvalue weighted by molar-refractivity contribution is 5.92. The van der Waals surface area contributed by atoms with E-state index < -0.39 is 0 Å². The van der Waals surface area contributed by atoms with Crippen molar-refractivity contribution in [1.82, 2.24) is 15.2 Å². The number of rotatable bonds is 3. The first-order chi connectivity index (χ1) is 11.3. The van der Waals surface area contributed by atoms with E-state index in [1.165, 1.54) is 0 Å². The van der Waals surface area contributed by atoms with Gasteiger partial charge in [0.1, 0.15) is 11.5 Å². The van der Waals surface area contributed by atoms with Crippen LogP contribution in [0.25, 0.3) is 22.2 Å². The summed E-state index contributed by atoms with van der Waals surface area (Å²) in [6.45, 7) is 2.22. The number of aliphatic hydroxyl groups excluding tert-OH is 1. The van der Waals surface area contributed by atoms with Gasteiger partial charge in [-0.25, -0.2) is 4.98 Å². The molecule has 0 atom stereocenters. The van der Waals surface area contributed by atoms with Gasteiger partial charge in [-0.2, -0.15) is 5.10 Å². The largest absolute Gasteiger partial charge is 0.396 e. The number of hydrogen-bond donors (Lipinski definition) is 2. The molecule has 3 heterocycles. The van der Waals surface area contributed by atoms with Crippen LogP contribution in [-0.2, 0) is 0 Å². The lowest BCUT2D eigenvalue weighted by Gasteiger charge is -2.31. The van der Waals surface area contributed by atoms with Gasteiger partial charge in [0.05, 0.1) is 5.52 Å². The standard InChI is InChI=1S/C18H20N4O/c23-12-13-7-9-22(10-8-13)17-6-5-14(11-19-17)18-15-3-1-2-4-16(15)20-21-18/h1-6,11,13,23H,7-10,12H2,(H,20,21). The van der Waals surface area contributed by atoms with Crippen molar-refractivity contribution in [2.24, 2.45) is 5.92 Å². The number of piperidine rings is 1. The van der Waals surface area contributed by atoms with Gasteiger partial charge in [0.2, 0.25) is 0 Å². The predicted molar refractivity (Wildman–Crippen MR) is 91.3 cm³/mol. The van der Waals surface area contributed by atoms with Gasteiger partial charge in [-0.05, 0) is 37.0 Å². The minimum Gasteiger partial charge on any atom is -0.396 e. The van der Waals surface area contributed by atoms with Crippen LogP contribution in [0, 0.1) is 5.92 Å². The van der Waals surface area contributed by atoms with Gasteiger partial charge in [-0.3, -0.25) is 5.10 Å². The molecule has 5 heteroatoms. The van der Waals surface area contributed by atoms with Crippen molar-refractivity contribution in [3.63, 3.8) is 0 Å². The SMILES string of the molecule is OCC1CCN(c2ccc(-c3n[nH]c4ccccc34)cn2)CC1. The Balaban J connectivity index is 1.56. The van der Waals surface area contributed by atoms with Crippen molar-refractivity contribution in [2.75, 3.05) is 24.6 Å². The number of nitrogens with one attached hydrogen (secondary N) is 1. The number of aromatic amines is 1. The van der Waals surface area contributed by atoms with Crippen LogP contribution in [-0.4, -0.2) is 40.0 Å². The van der Waals surface area contributed by atoms with Crippen LogP contribution in [0.1, 0.15) is 12.8 Å². The molecular formula is C18H20N4O. The zero-order chi connectivity index (χ0) is 15.6. The molecule has 5 nitrogen and oxygen atoms in total. The average molecular weight is 308 g/mol. The van der Waals surface area contributed by atoms with Crippen molar-refractivity contribution in [1.29, 1.82) is 0 Å². The van der Waals surface area contributed by atoms with Crippen LogP contribution in [0.2, 0.25) is 0 Å². The molecule has 3 aromatic rings. The molecule has 0 spiro atoms. The summed E-state index contributed by atoms with van der Waals surface area (Å²) in [6, 6.07) is 12.3. The lowest BCUT2D eigenvalue weighted by Crippen LogP contribution is -2.35. The van der Waals surface area contributed by atoms with Crippen LogP contribution in [0.3, 0.4) is 0 Å². The maximum absolute atomic E-state index is 9.23. The number of pyridine rings is 1. The molecule has 0 bridgehead atoms. The molecule has 0 radical (unpaired) electrons. The van der Waals surface area contributed by atoms with Crippen molar-refractivity contribution in [2.45, 2.75) is 12.8 Å². The second-order valence-corrected chi connectivity index (χ2v) is 6.14. The Kier molecular flexibility index (Phi) is 3.71. The smallest absolute Gasteiger partial charge is 0.128 e. The minimum atomic E-state index is 0.298. The first-order valence-corrected chi connectivity index (χ1v) is 8.10. The second kappa shape index (κ2) is 6.01. The third kappa shape index (κ3) is 2.68. The molecule has 4 rings (SSSR count). The number of H-pyrrole nitrogens is 1. The van der Waals surface area contributed by atoms with E-state index in [1.54, 1.807) is 0 Å². The van der Waals surface area contributed by atoms with E-state index in [9.17, 15) is 5.11 Å². The highest BCUT2D eigenvalue weighted by Crippen LogP contribution is 2.27. The summed E-state index contributed by atoms with van der Waals surface area (Å²) >= 11 is 0. The quantitative estimate of drug-likeness (QED) is 0.781. The van der Waals surface area contributed by atoms with Gasteiger partial charge in [0.15, 0.2) is 0 Å². The minimum absolute atomic E-state index is 0.298. The Morgan fingerprint density at radius 1 is 1.13 bits per heavy atom. The highest BCUT2D eigenvalue weighted by Gasteiger charge is 2.19. The number of anilines is 1. The van der Waals surface area contributed by atoms with Crippen LogP contribution in [0.4, 0.5) is 5.82 Å². The summed E-state index contributed by atoms with van der Waals surface area (Å²) in [4.78, 5) is 6.92. The van der Waals surface area contributed by atoms with Gasteiger partial charge in [0.25, 0.3) is 0 Å². The Labute approximate surface area is 135 Å². The Morgan fingerprint density at radius 3 is 2.70 bits per heavy atom. The summed E-state index contributed by atoms with van der Waals surface area (Å²) < 4.78 is 0. The van der Waals surface area contributed by atoms with E-state index in [0.717, 1.165) is 53.9 Å². The molecule has 1 saturated heterocycles. The number of aliphatic hydroxyl groups is 1. The Hall–Kier alpha value is -2.40. The predicted octanol–water partition coefficient (Wildman–Crippen LogP) is 2.83. The fraction of sp³-hybridized carbons (Fsp3) is 0.333. The Morgan fingerprint density at radius 2 is 1.96 bits per heavy atom. The zero-order valence-corrected chi connectivity index (χ0v) is 12.9. The van der Waals surface area contributed by atoms with Crippen LogP contribution in [0.15, 0.2) is 42.6 Å². The molecular weight excluding hydrogens is 288 g/mol. The number of benzene rings is 1. The molecule has 2 aromatic heterocycles. The van der Waals surface area contributed by atoms with E-state index in [0.29, 0.717) is 12.5 Å². The monoisotopic (exact) mass is 308 g/mol. The number of hydrogen-bond acceptors (Lipinski definition) is 4. The van der Waals surface area contributed by atoms with Gasteiger partial charge < -0.3 is 10.0 Å². The summed E-state index contributed by atoms with van der Waals surface area (Å²) in [6.07, 6.45) is 3.96. The van der Waals surface area contributed by atoms with Crippen molar-refractivity contribution >= 4 is 16.7 Å². The van der Waals surface area contributed by atoms with E-state index in [2.05, 4.69) is 38.3 Å². The maximum Gasteiger partial charge on any atom is 0.128 e. The topological polar surface area (TPSA) is 65.0 Å². The highest BCUT2D eigenvalue weighted by atomic mass is 16.3. The molecule has 1 aliphatic heterocycles. The van der Waals surface area contributed by atoms with Crippen molar-refractivity contribution in [3.05, 3.63) is 42.6 Å². The van der Waals surface area contributed by atoms with Gasteiger partial charge in [0, 0.05) is 36.8 Å². The molecule has 0 aliphatic carbocycles. The van der Waals surface area contributed by atoms with E-state index in [4.69, 9.17) is 0 Å². The molecule has 0 unspecified atom stereocenters. The molecule has 2 N–H and O–H groups in total. The molecule has 118 valence electrons. The summed E-state index contributed by atoms with van der Waals surface area (Å²) in [5.74, 6) is 1.45. The van der Waals surface area contributed by atoms with Gasteiger partial charge in [-0.15, -0.1) is 0 Å². The van der Waals surface area contributed by atoms with Crippen molar-refractivity contribution < 1.29 is 5.11 Å². The second-order valence-electron chi connectivity index (χ2n) is 6.14. The van der Waals surface area contributed by atoms with Gasteiger partial charge in [-0.1, -0.05) is 18.2 Å². The fourth-order valence-electron chi connectivity index (χ4n) is 3.24. The van der Waals surface area contributed by atoms with Crippen LogP contribution in [0.5, 0.6) is 0 Å². The lowest BCUT2D eigenvalue weighted by atomic mass is 9.98. The number of nitrogens with zero attached hydrogens (tertiary/aromatic N) is 3. The van der Waals surface area contributed by atoms with Crippen LogP contribution >= 0.6 is 0 Å². The first-order valence-electron chi connectivity index (χ1n) is 8.10. The third-order valence-electron chi connectivity index (χ3n) is 4.69. The lowest BCUT2D eigenvalue weighted by molar-refractivity contribution is 0.203. The molecule has 1 fully saturated rings.